The molecule has 0 saturated carbocycles. The van der Waals surface area contributed by atoms with Crippen LogP contribution in [0.4, 0.5) is 15.8 Å². The molecule has 17 heavy (non-hydrogen) atoms. The number of aromatic nitrogens is 1. The molecular weight excluding hydrogens is 334 g/mol. The normalized spacial score (nSPS) is 10.0. The standard InChI is InChI=1S/C12H8FIN2O/c13-9-6-8(14)3-4-10(9)16-11-2-1-5-15-12(11)7-17/h1-7,16H. The number of carbonyl (C=O) groups is 1. The van der Waals surface area contributed by atoms with Gasteiger partial charge in [0.2, 0.25) is 0 Å². The molecule has 0 saturated heterocycles. The molecule has 0 atom stereocenters. The highest BCUT2D eigenvalue weighted by Gasteiger charge is 2.06. The van der Waals surface area contributed by atoms with Crippen LogP contribution in [0.15, 0.2) is 36.5 Å². The molecule has 1 heterocycles. The number of hydrogen-bond acceptors (Lipinski definition) is 3. The zero-order valence-corrected chi connectivity index (χ0v) is 10.8. The lowest BCUT2D eigenvalue weighted by molar-refractivity contribution is 0.112. The van der Waals surface area contributed by atoms with E-state index in [0.717, 1.165) is 3.57 Å². The summed E-state index contributed by atoms with van der Waals surface area (Å²) in [5, 5.41) is 2.85. The van der Waals surface area contributed by atoms with Gasteiger partial charge in [-0.05, 0) is 52.9 Å². The van der Waals surface area contributed by atoms with Gasteiger partial charge in [-0.2, -0.15) is 0 Å². The molecule has 3 nitrogen and oxygen atoms in total. The van der Waals surface area contributed by atoms with Crippen LogP contribution in [0.25, 0.3) is 0 Å². The van der Waals surface area contributed by atoms with Crippen LogP contribution < -0.4 is 5.32 Å². The van der Waals surface area contributed by atoms with Gasteiger partial charge < -0.3 is 5.32 Å². The Labute approximate surface area is 111 Å². The third kappa shape index (κ3) is 2.79. The van der Waals surface area contributed by atoms with Crippen molar-refractivity contribution in [2.75, 3.05) is 5.32 Å². The SMILES string of the molecule is O=Cc1ncccc1Nc1ccc(I)cc1F. The van der Waals surface area contributed by atoms with Crippen LogP contribution in [0.5, 0.6) is 0 Å². The van der Waals surface area contributed by atoms with Gasteiger partial charge in [-0.25, -0.2) is 4.39 Å². The van der Waals surface area contributed by atoms with E-state index < -0.39 is 0 Å². The maximum absolute atomic E-state index is 13.6. The van der Waals surface area contributed by atoms with Gasteiger partial charge in [-0.3, -0.25) is 9.78 Å². The summed E-state index contributed by atoms with van der Waals surface area (Å²) in [5.41, 5.74) is 1.06. The second-order valence-electron chi connectivity index (χ2n) is 3.30. The van der Waals surface area contributed by atoms with Crippen molar-refractivity contribution < 1.29 is 9.18 Å². The molecule has 1 N–H and O–H groups in total. The molecule has 1 aromatic carbocycles. The minimum absolute atomic E-state index is 0.255. The van der Waals surface area contributed by atoms with Gasteiger partial charge in [0.1, 0.15) is 11.5 Å². The van der Waals surface area contributed by atoms with Gasteiger partial charge in [0.15, 0.2) is 6.29 Å². The van der Waals surface area contributed by atoms with Gasteiger partial charge in [-0.1, -0.05) is 0 Å². The molecule has 0 aliphatic carbocycles. The molecule has 0 fully saturated rings. The number of anilines is 2. The van der Waals surface area contributed by atoms with Crippen LogP contribution in [0.2, 0.25) is 0 Å². The van der Waals surface area contributed by atoms with E-state index in [2.05, 4.69) is 10.3 Å². The highest BCUT2D eigenvalue weighted by Crippen LogP contribution is 2.22. The van der Waals surface area contributed by atoms with Crippen molar-refractivity contribution in [3.63, 3.8) is 0 Å². The Kier molecular flexibility index (Phi) is 3.68. The number of halogens is 2. The minimum atomic E-state index is -0.363. The molecule has 0 amide bonds. The van der Waals surface area contributed by atoms with Crippen LogP contribution in [0.3, 0.4) is 0 Å². The fourth-order valence-corrected chi connectivity index (χ4v) is 1.81. The Morgan fingerprint density at radius 2 is 2.12 bits per heavy atom. The van der Waals surface area contributed by atoms with E-state index in [1.54, 1.807) is 24.3 Å². The first-order valence-electron chi connectivity index (χ1n) is 4.83. The molecule has 2 aromatic rings. The fraction of sp³-hybridized carbons (Fsp3) is 0. The van der Waals surface area contributed by atoms with E-state index in [1.165, 1.54) is 12.3 Å². The molecule has 0 bridgehead atoms. The average Bonchev–Trinajstić information content (AvgIpc) is 2.33. The van der Waals surface area contributed by atoms with Crippen molar-refractivity contribution in [1.82, 2.24) is 4.98 Å². The van der Waals surface area contributed by atoms with E-state index in [9.17, 15) is 9.18 Å². The molecule has 0 aliphatic rings. The predicted molar refractivity (Wildman–Crippen MR) is 72.0 cm³/mol. The van der Waals surface area contributed by atoms with Crippen molar-refractivity contribution in [1.29, 1.82) is 0 Å². The first-order chi connectivity index (χ1) is 8.20. The fourth-order valence-electron chi connectivity index (χ4n) is 1.35. The smallest absolute Gasteiger partial charge is 0.170 e. The molecule has 5 heteroatoms. The lowest BCUT2D eigenvalue weighted by Gasteiger charge is -2.08. The average molecular weight is 342 g/mol. The lowest BCUT2D eigenvalue weighted by atomic mass is 10.2. The zero-order chi connectivity index (χ0) is 12.3. The molecule has 86 valence electrons. The summed E-state index contributed by atoms with van der Waals surface area (Å²) in [4.78, 5) is 14.6. The van der Waals surface area contributed by atoms with E-state index in [4.69, 9.17) is 0 Å². The van der Waals surface area contributed by atoms with Crippen molar-refractivity contribution in [3.05, 3.63) is 51.6 Å². The van der Waals surface area contributed by atoms with Gasteiger partial charge in [0, 0.05) is 9.77 Å². The number of rotatable bonds is 3. The van der Waals surface area contributed by atoms with Gasteiger partial charge in [0.25, 0.3) is 0 Å². The van der Waals surface area contributed by atoms with Crippen molar-refractivity contribution in [2.24, 2.45) is 0 Å². The van der Waals surface area contributed by atoms with Gasteiger partial charge in [0.05, 0.1) is 11.4 Å². The highest BCUT2D eigenvalue weighted by atomic mass is 127. The number of benzene rings is 1. The van der Waals surface area contributed by atoms with Gasteiger partial charge >= 0.3 is 0 Å². The highest BCUT2D eigenvalue weighted by molar-refractivity contribution is 14.1. The summed E-state index contributed by atoms with van der Waals surface area (Å²) < 4.78 is 14.4. The molecule has 0 spiro atoms. The molecule has 0 unspecified atom stereocenters. The number of aldehydes is 1. The Hall–Kier alpha value is -1.50. The number of nitrogens with zero attached hydrogens (tertiary/aromatic N) is 1. The van der Waals surface area contributed by atoms with E-state index in [-0.39, 0.29) is 11.5 Å². The molecule has 2 rings (SSSR count). The number of pyridine rings is 1. The lowest BCUT2D eigenvalue weighted by Crippen LogP contribution is -1.99. The van der Waals surface area contributed by atoms with Gasteiger partial charge in [-0.15, -0.1) is 0 Å². The molecule has 0 aliphatic heterocycles. The van der Waals surface area contributed by atoms with Crippen LogP contribution in [0.1, 0.15) is 10.5 Å². The summed E-state index contributed by atoms with van der Waals surface area (Å²) in [6.07, 6.45) is 2.14. The van der Waals surface area contributed by atoms with E-state index >= 15 is 0 Å². The largest absolute Gasteiger partial charge is 0.351 e. The third-order valence-electron chi connectivity index (χ3n) is 2.15. The number of nitrogens with one attached hydrogen (secondary N) is 1. The minimum Gasteiger partial charge on any atom is -0.351 e. The number of carbonyl (C=O) groups excluding carboxylic acids is 1. The summed E-state index contributed by atoms with van der Waals surface area (Å²) in [7, 11) is 0. The second kappa shape index (κ2) is 5.22. The van der Waals surface area contributed by atoms with Crippen LogP contribution >= 0.6 is 22.6 Å². The Balaban J connectivity index is 2.34. The molecular formula is C12H8FIN2O. The van der Waals surface area contributed by atoms with Crippen LogP contribution in [-0.2, 0) is 0 Å². The van der Waals surface area contributed by atoms with Crippen LogP contribution in [-0.4, -0.2) is 11.3 Å². The maximum Gasteiger partial charge on any atom is 0.170 e. The summed E-state index contributed by atoms with van der Waals surface area (Å²) >= 11 is 2.03. The zero-order valence-electron chi connectivity index (χ0n) is 8.65. The first kappa shape index (κ1) is 12.0. The summed E-state index contributed by atoms with van der Waals surface area (Å²) in [6.45, 7) is 0. The predicted octanol–water partition coefficient (Wildman–Crippen LogP) is 3.38. The third-order valence-corrected chi connectivity index (χ3v) is 2.82. The van der Waals surface area contributed by atoms with Crippen molar-refractivity contribution >= 4 is 40.3 Å². The quantitative estimate of drug-likeness (QED) is 0.687. The van der Waals surface area contributed by atoms with Crippen LogP contribution in [0, 0.1) is 9.39 Å². The summed E-state index contributed by atoms with van der Waals surface area (Å²) in [6, 6.07) is 8.18. The van der Waals surface area contributed by atoms with E-state index in [0.29, 0.717) is 17.7 Å². The van der Waals surface area contributed by atoms with Crippen molar-refractivity contribution in [2.45, 2.75) is 0 Å². The Morgan fingerprint density at radius 3 is 2.82 bits per heavy atom. The maximum atomic E-state index is 13.6. The van der Waals surface area contributed by atoms with E-state index in [1.807, 2.05) is 22.6 Å². The molecule has 0 radical (unpaired) electrons. The Bertz CT molecular complexity index is 560. The second-order valence-corrected chi connectivity index (χ2v) is 4.55. The molecule has 1 aromatic heterocycles. The monoisotopic (exact) mass is 342 g/mol. The first-order valence-corrected chi connectivity index (χ1v) is 5.91. The summed E-state index contributed by atoms with van der Waals surface area (Å²) in [5.74, 6) is -0.363. The number of hydrogen-bond donors (Lipinski definition) is 1. The Morgan fingerprint density at radius 1 is 1.29 bits per heavy atom. The topological polar surface area (TPSA) is 42.0 Å². The van der Waals surface area contributed by atoms with Crippen molar-refractivity contribution in [3.8, 4) is 0 Å².